The van der Waals surface area contributed by atoms with E-state index in [-0.39, 0.29) is 12.5 Å². The maximum atomic E-state index is 11.1. The molecule has 0 aliphatic heterocycles. The Morgan fingerprint density at radius 3 is 2.94 bits per heavy atom. The lowest BCUT2D eigenvalue weighted by atomic mass is 10.2. The van der Waals surface area contributed by atoms with Crippen molar-refractivity contribution in [1.29, 1.82) is 0 Å². The van der Waals surface area contributed by atoms with Crippen LogP contribution >= 0.6 is 0 Å². The lowest BCUT2D eigenvalue weighted by molar-refractivity contribution is -0.122. The Morgan fingerprint density at radius 1 is 1.39 bits per heavy atom. The summed E-state index contributed by atoms with van der Waals surface area (Å²) in [6.07, 6.45) is 0. The highest BCUT2D eigenvalue weighted by Gasteiger charge is 2.00. The average molecular weight is 252 g/mol. The fourth-order valence-corrected chi connectivity index (χ4v) is 1.37. The van der Waals surface area contributed by atoms with Crippen molar-refractivity contribution < 1.29 is 14.3 Å². The van der Waals surface area contributed by atoms with Crippen molar-refractivity contribution in [3.05, 3.63) is 29.8 Å². The van der Waals surface area contributed by atoms with E-state index >= 15 is 0 Å². The highest BCUT2D eigenvalue weighted by atomic mass is 16.5. The van der Waals surface area contributed by atoms with Crippen LogP contribution in [-0.4, -0.2) is 39.8 Å². The van der Waals surface area contributed by atoms with Crippen LogP contribution in [0.5, 0.6) is 5.75 Å². The van der Waals surface area contributed by atoms with Gasteiger partial charge in [-0.2, -0.15) is 0 Å². The van der Waals surface area contributed by atoms with E-state index in [1.807, 2.05) is 24.3 Å². The van der Waals surface area contributed by atoms with Crippen LogP contribution in [0.2, 0.25) is 0 Å². The second kappa shape index (κ2) is 8.49. The van der Waals surface area contributed by atoms with Gasteiger partial charge in [0.25, 0.3) is 5.91 Å². The lowest BCUT2D eigenvalue weighted by Gasteiger charge is -2.08. The van der Waals surface area contributed by atoms with Crippen molar-refractivity contribution in [3.8, 4) is 5.75 Å². The molecule has 0 atom stereocenters. The van der Waals surface area contributed by atoms with Gasteiger partial charge >= 0.3 is 0 Å². The minimum Gasteiger partial charge on any atom is -0.484 e. The summed E-state index contributed by atoms with van der Waals surface area (Å²) >= 11 is 0. The van der Waals surface area contributed by atoms with Gasteiger partial charge in [0.15, 0.2) is 6.61 Å². The van der Waals surface area contributed by atoms with Crippen LogP contribution in [0.25, 0.3) is 0 Å². The van der Waals surface area contributed by atoms with Crippen molar-refractivity contribution in [3.63, 3.8) is 0 Å². The number of methoxy groups -OCH3 is 1. The second-order valence-corrected chi connectivity index (χ2v) is 3.78. The molecule has 0 saturated heterocycles. The molecule has 0 fully saturated rings. The number of benzene rings is 1. The molecule has 0 aromatic heterocycles. The van der Waals surface area contributed by atoms with Crippen LogP contribution in [0.3, 0.4) is 0 Å². The monoisotopic (exact) mass is 252 g/mol. The average Bonchev–Trinajstić information content (AvgIpc) is 2.41. The van der Waals surface area contributed by atoms with Crippen molar-refractivity contribution in [1.82, 2.24) is 10.6 Å². The number of rotatable bonds is 8. The summed E-state index contributed by atoms with van der Waals surface area (Å²) < 4.78 is 10.3. The van der Waals surface area contributed by atoms with Gasteiger partial charge in [-0.3, -0.25) is 4.79 Å². The predicted octanol–water partition coefficient (Wildman–Crippen LogP) is 0.547. The molecule has 0 heterocycles. The van der Waals surface area contributed by atoms with Gasteiger partial charge in [0.2, 0.25) is 0 Å². The van der Waals surface area contributed by atoms with Gasteiger partial charge in [-0.1, -0.05) is 12.1 Å². The third-order valence-electron chi connectivity index (χ3n) is 2.36. The Hall–Kier alpha value is -1.59. The first-order valence-corrected chi connectivity index (χ1v) is 5.88. The number of amides is 1. The number of hydrogen-bond donors (Lipinski definition) is 2. The molecule has 18 heavy (non-hydrogen) atoms. The number of nitrogens with one attached hydrogen (secondary N) is 2. The molecule has 0 bridgehead atoms. The van der Waals surface area contributed by atoms with Gasteiger partial charge in [-0.25, -0.2) is 0 Å². The Bertz CT molecular complexity index is 369. The highest BCUT2D eigenvalue weighted by molar-refractivity contribution is 5.77. The van der Waals surface area contributed by atoms with Gasteiger partial charge in [0, 0.05) is 27.2 Å². The van der Waals surface area contributed by atoms with Crippen molar-refractivity contribution in [2.75, 3.05) is 33.9 Å². The van der Waals surface area contributed by atoms with E-state index in [0.29, 0.717) is 12.4 Å². The van der Waals surface area contributed by atoms with Crippen LogP contribution in [0, 0.1) is 0 Å². The Morgan fingerprint density at radius 2 is 2.22 bits per heavy atom. The quantitative estimate of drug-likeness (QED) is 0.663. The van der Waals surface area contributed by atoms with Gasteiger partial charge < -0.3 is 20.1 Å². The van der Waals surface area contributed by atoms with E-state index in [1.165, 1.54) is 0 Å². The summed E-state index contributed by atoms with van der Waals surface area (Å²) in [7, 11) is 3.26. The van der Waals surface area contributed by atoms with Crippen LogP contribution < -0.4 is 15.4 Å². The minimum absolute atomic E-state index is 0.0387. The molecule has 5 heteroatoms. The highest BCUT2D eigenvalue weighted by Crippen LogP contribution is 2.12. The molecule has 1 aromatic rings. The SMILES string of the molecule is CNC(=O)COc1cccc(CNCCOC)c1. The molecule has 0 aliphatic rings. The molecular weight excluding hydrogens is 232 g/mol. The zero-order valence-corrected chi connectivity index (χ0v) is 10.9. The predicted molar refractivity (Wildman–Crippen MR) is 69.6 cm³/mol. The summed E-state index contributed by atoms with van der Waals surface area (Å²) in [5.41, 5.74) is 1.11. The maximum absolute atomic E-state index is 11.1. The first-order valence-electron chi connectivity index (χ1n) is 5.88. The third kappa shape index (κ3) is 5.65. The van der Waals surface area contributed by atoms with Crippen molar-refractivity contribution >= 4 is 5.91 Å². The van der Waals surface area contributed by atoms with E-state index in [2.05, 4.69) is 10.6 Å². The van der Waals surface area contributed by atoms with Crippen molar-refractivity contribution in [2.45, 2.75) is 6.54 Å². The van der Waals surface area contributed by atoms with Crippen molar-refractivity contribution in [2.24, 2.45) is 0 Å². The molecule has 1 rings (SSSR count). The number of likely N-dealkylation sites (N-methyl/N-ethyl adjacent to an activating group) is 1. The molecule has 1 aromatic carbocycles. The molecule has 0 saturated carbocycles. The van der Waals surface area contributed by atoms with Gasteiger partial charge in [-0.05, 0) is 17.7 Å². The Kier molecular flexibility index (Phi) is 6.83. The molecule has 2 N–H and O–H groups in total. The normalized spacial score (nSPS) is 10.1. The molecular formula is C13H20N2O3. The fourth-order valence-electron chi connectivity index (χ4n) is 1.37. The van der Waals surface area contributed by atoms with E-state index in [1.54, 1.807) is 14.2 Å². The maximum Gasteiger partial charge on any atom is 0.257 e. The second-order valence-electron chi connectivity index (χ2n) is 3.78. The summed E-state index contributed by atoms with van der Waals surface area (Å²) in [6, 6.07) is 7.67. The van der Waals surface area contributed by atoms with Crippen LogP contribution in [-0.2, 0) is 16.1 Å². The molecule has 0 radical (unpaired) electrons. The first kappa shape index (κ1) is 14.5. The van der Waals surface area contributed by atoms with Crippen LogP contribution in [0.15, 0.2) is 24.3 Å². The van der Waals surface area contributed by atoms with E-state index in [9.17, 15) is 4.79 Å². The van der Waals surface area contributed by atoms with E-state index < -0.39 is 0 Å². The number of carbonyl (C=O) groups is 1. The van der Waals surface area contributed by atoms with Gasteiger partial charge in [0.05, 0.1) is 6.61 Å². The zero-order valence-electron chi connectivity index (χ0n) is 10.9. The molecule has 100 valence electrons. The topological polar surface area (TPSA) is 59.6 Å². The first-order chi connectivity index (χ1) is 8.76. The lowest BCUT2D eigenvalue weighted by Crippen LogP contribution is -2.24. The Balaban J connectivity index is 2.39. The van der Waals surface area contributed by atoms with E-state index in [4.69, 9.17) is 9.47 Å². The zero-order chi connectivity index (χ0) is 13.2. The fraction of sp³-hybridized carbons (Fsp3) is 0.462. The number of carbonyl (C=O) groups excluding carboxylic acids is 1. The minimum atomic E-state index is -0.140. The molecule has 1 amide bonds. The number of ether oxygens (including phenoxy) is 2. The largest absolute Gasteiger partial charge is 0.484 e. The summed E-state index contributed by atoms with van der Waals surface area (Å²) in [5.74, 6) is 0.559. The smallest absolute Gasteiger partial charge is 0.257 e. The molecule has 0 aliphatic carbocycles. The summed E-state index contributed by atoms with van der Waals surface area (Å²) in [6.45, 7) is 2.28. The van der Waals surface area contributed by atoms with Gasteiger partial charge in [0.1, 0.15) is 5.75 Å². The van der Waals surface area contributed by atoms with Gasteiger partial charge in [-0.15, -0.1) is 0 Å². The molecule has 5 nitrogen and oxygen atoms in total. The summed E-state index contributed by atoms with van der Waals surface area (Å²) in [4.78, 5) is 11.1. The third-order valence-corrected chi connectivity index (χ3v) is 2.36. The van der Waals surface area contributed by atoms with Crippen LogP contribution in [0.4, 0.5) is 0 Å². The Labute approximate surface area is 107 Å². The molecule has 0 spiro atoms. The molecule has 0 unspecified atom stereocenters. The summed E-state index contributed by atoms with van der Waals surface area (Å²) in [5, 5.41) is 5.75. The standard InChI is InChI=1S/C13H20N2O3/c1-14-13(16)10-18-12-5-3-4-11(8-12)9-15-6-7-17-2/h3-5,8,15H,6-7,9-10H2,1-2H3,(H,14,16). The number of hydrogen-bond acceptors (Lipinski definition) is 4. The van der Waals surface area contributed by atoms with Crippen LogP contribution in [0.1, 0.15) is 5.56 Å². The van der Waals surface area contributed by atoms with E-state index in [0.717, 1.165) is 18.7 Å².